The van der Waals surface area contributed by atoms with Crippen LogP contribution in [0.4, 0.5) is 11.4 Å². The molecule has 1 amide bonds. The van der Waals surface area contributed by atoms with Gasteiger partial charge in [-0.25, -0.2) is 8.42 Å². The average Bonchev–Trinajstić information content (AvgIpc) is 2.62. The molecular formula is C20H21N3O3S. The van der Waals surface area contributed by atoms with E-state index in [4.69, 9.17) is 0 Å². The van der Waals surface area contributed by atoms with Gasteiger partial charge in [0.2, 0.25) is 15.9 Å². The number of nitriles is 1. The lowest BCUT2D eigenvalue weighted by atomic mass is 9.97. The number of hydrogen-bond donors (Lipinski definition) is 1. The lowest BCUT2D eigenvalue weighted by molar-refractivity contribution is -0.118. The minimum Gasteiger partial charge on any atom is -0.311 e. The summed E-state index contributed by atoms with van der Waals surface area (Å²) in [7, 11) is -3.62. The van der Waals surface area contributed by atoms with Crippen LogP contribution in [0.1, 0.15) is 35.6 Å². The first-order chi connectivity index (χ1) is 12.8. The molecule has 1 aliphatic heterocycles. The Balaban J connectivity index is 1.90. The van der Waals surface area contributed by atoms with Gasteiger partial charge in [-0.3, -0.25) is 9.52 Å². The Morgan fingerprint density at radius 1 is 1.19 bits per heavy atom. The van der Waals surface area contributed by atoms with Gasteiger partial charge in [0.15, 0.2) is 0 Å². The lowest BCUT2D eigenvalue weighted by Crippen LogP contribution is -2.35. The van der Waals surface area contributed by atoms with Gasteiger partial charge < -0.3 is 4.90 Å². The molecule has 0 fully saturated rings. The summed E-state index contributed by atoms with van der Waals surface area (Å²) in [5.74, 6) is -0.166. The van der Waals surface area contributed by atoms with Gasteiger partial charge in [-0.15, -0.1) is 0 Å². The van der Waals surface area contributed by atoms with Gasteiger partial charge in [0.05, 0.1) is 22.7 Å². The summed E-state index contributed by atoms with van der Waals surface area (Å²) in [4.78, 5) is 13.7. The molecule has 6 nitrogen and oxygen atoms in total. The van der Waals surface area contributed by atoms with E-state index in [0.29, 0.717) is 41.9 Å². The third-order valence-corrected chi connectivity index (χ3v) is 5.82. The fourth-order valence-corrected chi connectivity index (χ4v) is 4.48. The van der Waals surface area contributed by atoms with Crippen LogP contribution >= 0.6 is 0 Å². The largest absolute Gasteiger partial charge is 0.311 e. The Kier molecular flexibility index (Phi) is 5.19. The van der Waals surface area contributed by atoms with E-state index in [1.807, 2.05) is 26.0 Å². The lowest BCUT2D eigenvalue weighted by Gasteiger charge is -2.29. The summed E-state index contributed by atoms with van der Waals surface area (Å²) >= 11 is 0. The molecule has 0 unspecified atom stereocenters. The summed E-state index contributed by atoms with van der Waals surface area (Å²) in [6, 6.07) is 12.6. The Labute approximate surface area is 159 Å². The van der Waals surface area contributed by atoms with E-state index < -0.39 is 10.0 Å². The maximum absolute atomic E-state index is 12.5. The SMILES string of the molecule is CCN1C(=O)CCc2cc(NS(=O)(=O)Cc3ccc(C)cc3)cc(C#N)c21. The van der Waals surface area contributed by atoms with Crippen molar-refractivity contribution in [3.8, 4) is 6.07 Å². The Morgan fingerprint density at radius 2 is 1.89 bits per heavy atom. The molecule has 27 heavy (non-hydrogen) atoms. The van der Waals surface area contributed by atoms with E-state index in [1.165, 1.54) is 6.07 Å². The zero-order valence-electron chi connectivity index (χ0n) is 15.3. The van der Waals surface area contributed by atoms with E-state index in [0.717, 1.165) is 11.1 Å². The van der Waals surface area contributed by atoms with E-state index in [1.54, 1.807) is 23.1 Å². The van der Waals surface area contributed by atoms with Gasteiger partial charge in [-0.1, -0.05) is 29.8 Å². The smallest absolute Gasteiger partial charge is 0.236 e. The number of amides is 1. The molecule has 2 aromatic carbocycles. The molecular weight excluding hydrogens is 362 g/mol. The fraction of sp³-hybridized carbons (Fsp3) is 0.300. The van der Waals surface area contributed by atoms with Crippen molar-refractivity contribution in [2.45, 2.75) is 32.4 Å². The molecule has 0 spiro atoms. The molecule has 0 radical (unpaired) electrons. The standard InChI is InChI=1S/C20H21N3O3S/c1-3-23-19(24)9-8-16-10-18(11-17(12-21)20(16)23)22-27(25,26)13-15-6-4-14(2)5-7-15/h4-7,10-11,22H,3,8-9,13H2,1-2H3. The van der Waals surface area contributed by atoms with Crippen LogP contribution < -0.4 is 9.62 Å². The topological polar surface area (TPSA) is 90.3 Å². The predicted molar refractivity (Wildman–Crippen MR) is 105 cm³/mol. The quantitative estimate of drug-likeness (QED) is 0.859. The number of aryl methyl sites for hydroxylation is 2. The van der Waals surface area contributed by atoms with Crippen molar-refractivity contribution in [2.75, 3.05) is 16.2 Å². The highest BCUT2D eigenvalue weighted by molar-refractivity contribution is 7.91. The summed E-state index contributed by atoms with van der Waals surface area (Å²) in [6.07, 6.45) is 0.845. The first-order valence-corrected chi connectivity index (χ1v) is 10.4. The van der Waals surface area contributed by atoms with Gasteiger partial charge in [0, 0.05) is 13.0 Å². The van der Waals surface area contributed by atoms with Gasteiger partial charge in [-0.2, -0.15) is 5.26 Å². The number of sulfonamides is 1. The normalized spacial score (nSPS) is 13.8. The Bertz CT molecular complexity index is 1020. The highest BCUT2D eigenvalue weighted by atomic mass is 32.2. The van der Waals surface area contributed by atoms with Gasteiger partial charge in [0.1, 0.15) is 6.07 Å². The molecule has 0 aliphatic carbocycles. The molecule has 0 saturated heterocycles. The third-order valence-electron chi connectivity index (χ3n) is 4.56. The first-order valence-electron chi connectivity index (χ1n) is 8.76. The van der Waals surface area contributed by atoms with E-state index in [-0.39, 0.29) is 11.7 Å². The van der Waals surface area contributed by atoms with Crippen LogP contribution in [-0.2, 0) is 27.0 Å². The molecule has 1 aliphatic rings. The monoisotopic (exact) mass is 383 g/mol. The highest BCUT2D eigenvalue weighted by Crippen LogP contribution is 2.34. The second kappa shape index (κ2) is 7.41. The van der Waals surface area contributed by atoms with Gasteiger partial charge in [0.25, 0.3) is 0 Å². The van der Waals surface area contributed by atoms with Crippen molar-refractivity contribution in [1.29, 1.82) is 5.26 Å². The van der Waals surface area contributed by atoms with E-state index >= 15 is 0 Å². The number of benzene rings is 2. The minimum absolute atomic E-state index is 0.0193. The molecule has 0 bridgehead atoms. The number of fused-ring (bicyclic) bond motifs is 1. The number of nitrogens with one attached hydrogen (secondary N) is 1. The summed E-state index contributed by atoms with van der Waals surface area (Å²) in [6.45, 7) is 4.27. The van der Waals surface area contributed by atoms with Crippen molar-refractivity contribution in [3.05, 3.63) is 58.7 Å². The number of nitrogens with zero attached hydrogens (tertiary/aromatic N) is 2. The maximum Gasteiger partial charge on any atom is 0.236 e. The molecule has 1 heterocycles. The van der Waals surface area contributed by atoms with Gasteiger partial charge in [-0.05, 0) is 43.5 Å². The second-order valence-corrected chi connectivity index (χ2v) is 8.35. The van der Waals surface area contributed by atoms with Crippen LogP contribution in [0.2, 0.25) is 0 Å². The minimum atomic E-state index is -3.62. The molecule has 1 N–H and O–H groups in total. The van der Waals surface area contributed by atoms with E-state index in [9.17, 15) is 18.5 Å². The van der Waals surface area contributed by atoms with Crippen LogP contribution in [0.25, 0.3) is 0 Å². The van der Waals surface area contributed by atoms with Crippen molar-refractivity contribution < 1.29 is 13.2 Å². The van der Waals surface area contributed by atoms with Crippen LogP contribution in [-0.4, -0.2) is 20.9 Å². The third kappa shape index (κ3) is 4.12. The number of carbonyl (C=O) groups is 1. The number of rotatable bonds is 5. The van der Waals surface area contributed by atoms with Crippen molar-refractivity contribution in [2.24, 2.45) is 0 Å². The molecule has 0 aromatic heterocycles. The molecule has 3 rings (SSSR count). The van der Waals surface area contributed by atoms with E-state index in [2.05, 4.69) is 10.8 Å². The highest BCUT2D eigenvalue weighted by Gasteiger charge is 2.27. The van der Waals surface area contributed by atoms with Gasteiger partial charge >= 0.3 is 0 Å². The molecule has 0 saturated carbocycles. The van der Waals surface area contributed by atoms with Crippen molar-refractivity contribution >= 4 is 27.3 Å². The molecule has 140 valence electrons. The summed E-state index contributed by atoms with van der Waals surface area (Å²) in [5.41, 5.74) is 3.81. The number of carbonyl (C=O) groups excluding carboxylic acids is 1. The average molecular weight is 383 g/mol. The molecule has 2 aromatic rings. The Hall–Kier alpha value is -2.85. The van der Waals surface area contributed by atoms with Crippen LogP contribution in [0.5, 0.6) is 0 Å². The molecule has 0 atom stereocenters. The zero-order chi connectivity index (χ0) is 19.6. The van der Waals surface area contributed by atoms with Crippen LogP contribution in [0.3, 0.4) is 0 Å². The van der Waals surface area contributed by atoms with Crippen LogP contribution in [0, 0.1) is 18.3 Å². The first kappa shape index (κ1) is 18.9. The zero-order valence-corrected chi connectivity index (χ0v) is 16.1. The number of anilines is 2. The second-order valence-electron chi connectivity index (χ2n) is 6.63. The maximum atomic E-state index is 12.5. The van der Waals surface area contributed by atoms with Crippen molar-refractivity contribution in [1.82, 2.24) is 0 Å². The van der Waals surface area contributed by atoms with Crippen LogP contribution in [0.15, 0.2) is 36.4 Å². The predicted octanol–water partition coefficient (Wildman–Crippen LogP) is 3.11. The fourth-order valence-electron chi connectivity index (χ4n) is 3.30. The summed E-state index contributed by atoms with van der Waals surface area (Å²) in [5, 5.41) is 9.51. The summed E-state index contributed by atoms with van der Waals surface area (Å²) < 4.78 is 27.6. The number of hydrogen-bond acceptors (Lipinski definition) is 4. The Morgan fingerprint density at radius 3 is 2.52 bits per heavy atom. The van der Waals surface area contributed by atoms with Crippen molar-refractivity contribution in [3.63, 3.8) is 0 Å². The molecule has 7 heteroatoms.